The number of carbonyl (C=O) groups excluding carboxylic acids is 1. The number of phenols is 1. The molecule has 0 fully saturated rings. The summed E-state index contributed by atoms with van der Waals surface area (Å²) in [6, 6.07) is 34.3. The highest BCUT2D eigenvalue weighted by atomic mass is 79.9. The minimum absolute atomic E-state index is 0.152. The first kappa shape index (κ1) is 25.3. The van der Waals surface area contributed by atoms with Gasteiger partial charge >= 0.3 is 0 Å². The molecule has 0 unspecified atom stereocenters. The molecular weight excluding hydrogens is 566 g/mol. The summed E-state index contributed by atoms with van der Waals surface area (Å²) in [6.07, 6.45) is 1.69. The van der Waals surface area contributed by atoms with E-state index >= 15 is 0 Å². The number of carbonyl (C=O) groups is 1. The lowest BCUT2D eigenvalue weighted by Gasteiger charge is -2.13. The smallest absolute Gasteiger partial charge is 0.255 e. The third-order valence-electron chi connectivity index (χ3n) is 6.52. The quantitative estimate of drug-likeness (QED) is 0.180. The van der Waals surface area contributed by atoms with Crippen LogP contribution in [0.5, 0.6) is 5.75 Å². The maximum absolute atomic E-state index is 12.9. The number of nitrogens with zero attached hydrogens (tertiary/aromatic N) is 3. The zero-order chi connectivity index (χ0) is 27.5. The fraction of sp³-hybridized carbons (Fsp3) is 0.0312. The number of halogens is 1. The summed E-state index contributed by atoms with van der Waals surface area (Å²) in [6.45, 7) is 0.478. The van der Waals surface area contributed by atoms with Crippen LogP contribution in [0.3, 0.4) is 0 Å². The lowest BCUT2D eigenvalue weighted by atomic mass is 10.0. The number of anilines is 2. The number of benzene rings is 4. The zero-order valence-electron chi connectivity index (χ0n) is 21.3. The Labute approximate surface area is 239 Å². The molecule has 0 bridgehead atoms. The molecule has 0 saturated heterocycles. The van der Waals surface area contributed by atoms with Gasteiger partial charge < -0.3 is 15.7 Å². The number of para-hydroxylation sites is 1. The Bertz CT molecular complexity index is 1820. The van der Waals surface area contributed by atoms with E-state index in [0.29, 0.717) is 40.5 Å². The summed E-state index contributed by atoms with van der Waals surface area (Å²) in [7, 11) is 0. The van der Waals surface area contributed by atoms with Crippen molar-refractivity contribution in [2.24, 2.45) is 0 Å². The van der Waals surface area contributed by atoms with E-state index in [1.54, 1.807) is 22.8 Å². The van der Waals surface area contributed by atoms with Gasteiger partial charge in [-0.2, -0.15) is 9.61 Å². The number of aromatic hydroxyl groups is 1. The van der Waals surface area contributed by atoms with Gasteiger partial charge in [0.1, 0.15) is 11.6 Å². The van der Waals surface area contributed by atoms with Crippen molar-refractivity contribution >= 4 is 39.0 Å². The van der Waals surface area contributed by atoms with Crippen molar-refractivity contribution in [2.45, 2.75) is 6.54 Å². The third kappa shape index (κ3) is 5.30. The molecule has 8 heteroatoms. The summed E-state index contributed by atoms with van der Waals surface area (Å²) in [4.78, 5) is 17.6. The number of hydrogen-bond acceptors (Lipinski definition) is 5. The molecule has 0 atom stereocenters. The van der Waals surface area contributed by atoms with Gasteiger partial charge in [-0.25, -0.2) is 4.98 Å². The Kier molecular flexibility index (Phi) is 6.99. The molecule has 7 nitrogen and oxygen atoms in total. The molecule has 0 spiro atoms. The summed E-state index contributed by atoms with van der Waals surface area (Å²) in [5.74, 6) is 0.690. The molecule has 3 N–H and O–H groups in total. The van der Waals surface area contributed by atoms with Crippen LogP contribution in [0.4, 0.5) is 11.5 Å². The largest absolute Gasteiger partial charge is 0.507 e. The van der Waals surface area contributed by atoms with Crippen LogP contribution in [0.15, 0.2) is 120 Å². The Morgan fingerprint density at radius 3 is 2.40 bits per heavy atom. The van der Waals surface area contributed by atoms with Crippen LogP contribution in [-0.2, 0) is 6.54 Å². The molecule has 4 aromatic carbocycles. The maximum atomic E-state index is 12.9. The van der Waals surface area contributed by atoms with Crippen molar-refractivity contribution in [2.75, 3.05) is 10.6 Å². The first-order valence-corrected chi connectivity index (χ1v) is 13.5. The predicted octanol–water partition coefficient (Wildman–Crippen LogP) is 7.40. The molecule has 196 valence electrons. The average Bonchev–Trinajstić information content (AvgIpc) is 3.37. The van der Waals surface area contributed by atoms with Crippen LogP contribution in [0.2, 0.25) is 0 Å². The van der Waals surface area contributed by atoms with Crippen LogP contribution in [0.1, 0.15) is 15.9 Å². The normalized spacial score (nSPS) is 10.9. The van der Waals surface area contributed by atoms with E-state index in [0.717, 1.165) is 21.2 Å². The molecule has 6 aromatic rings. The van der Waals surface area contributed by atoms with Crippen molar-refractivity contribution in [1.82, 2.24) is 14.6 Å². The summed E-state index contributed by atoms with van der Waals surface area (Å²) < 4.78 is 2.45. The molecule has 0 aliphatic heterocycles. The van der Waals surface area contributed by atoms with E-state index in [1.165, 1.54) is 0 Å². The topological polar surface area (TPSA) is 91.5 Å². The second-order valence-electron chi connectivity index (χ2n) is 9.22. The standard InChI is InChI=1S/C32H24BrN5O2/c33-27-20-35-38-30(18-28(37-31(27)38)26-11-4-5-12-29(26)39)34-19-21-7-6-10-25(17-21)36-32(40)24-15-13-23(14-16-24)22-8-2-1-3-9-22/h1-18,20,34,39H,19H2,(H,36,40). The molecule has 40 heavy (non-hydrogen) atoms. The predicted molar refractivity (Wildman–Crippen MR) is 161 cm³/mol. The van der Waals surface area contributed by atoms with Gasteiger partial charge in [-0.3, -0.25) is 4.79 Å². The van der Waals surface area contributed by atoms with Gasteiger partial charge in [0, 0.05) is 29.4 Å². The molecular formula is C32H24BrN5O2. The Hall–Kier alpha value is -4.95. The van der Waals surface area contributed by atoms with Gasteiger partial charge in [0.15, 0.2) is 5.65 Å². The Morgan fingerprint density at radius 2 is 1.60 bits per heavy atom. The number of nitrogens with one attached hydrogen (secondary N) is 2. The highest BCUT2D eigenvalue weighted by Gasteiger charge is 2.14. The minimum atomic E-state index is -0.172. The van der Waals surface area contributed by atoms with Crippen LogP contribution in [0, 0.1) is 0 Å². The van der Waals surface area contributed by atoms with Gasteiger partial charge in [-0.15, -0.1) is 0 Å². The fourth-order valence-corrected chi connectivity index (χ4v) is 4.84. The monoisotopic (exact) mass is 589 g/mol. The highest BCUT2D eigenvalue weighted by molar-refractivity contribution is 9.10. The SMILES string of the molecule is O=C(Nc1cccc(CNc2cc(-c3ccccc3O)nc3c(Br)cnn23)c1)c1ccc(-c2ccccc2)cc1. The maximum Gasteiger partial charge on any atom is 0.255 e. The molecule has 2 heterocycles. The number of hydrogen-bond donors (Lipinski definition) is 3. The lowest BCUT2D eigenvalue weighted by Crippen LogP contribution is -2.12. The Balaban J connectivity index is 1.19. The van der Waals surface area contributed by atoms with Crippen LogP contribution in [-0.4, -0.2) is 25.6 Å². The molecule has 0 radical (unpaired) electrons. The van der Waals surface area contributed by atoms with E-state index in [-0.39, 0.29) is 11.7 Å². The molecule has 1 amide bonds. The average molecular weight is 590 g/mol. The van der Waals surface area contributed by atoms with E-state index in [4.69, 9.17) is 0 Å². The first-order valence-electron chi connectivity index (χ1n) is 12.7. The highest BCUT2D eigenvalue weighted by Crippen LogP contribution is 2.31. The summed E-state index contributed by atoms with van der Waals surface area (Å²) in [5, 5.41) is 21.2. The van der Waals surface area contributed by atoms with E-state index < -0.39 is 0 Å². The molecule has 0 aliphatic rings. The van der Waals surface area contributed by atoms with Gasteiger partial charge in [-0.1, -0.05) is 66.7 Å². The number of amides is 1. The van der Waals surface area contributed by atoms with Crippen molar-refractivity contribution in [3.05, 3.63) is 131 Å². The van der Waals surface area contributed by atoms with E-state index in [9.17, 15) is 9.90 Å². The molecule has 6 rings (SSSR count). The molecule has 2 aromatic heterocycles. The fourth-order valence-electron chi connectivity index (χ4n) is 4.49. The van der Waals surface area contributed by atoms with E-state index in [2.05, 4.69) is 36.6 Å². The van der Waals surface area contributed by atoms with Crippen molar-refractivity contribution in [3.63, 3.8) is 0 Å². The Morgan fingerprint density at radius 1 is 0.850 bits per heavy atom. The third-order valence-corrected chi connectivity index (χ3v) is 7.08. The van der Waals surface area contributed by atoms with Gasteiger partial charge in [0.2, 0.25) is 0 Å². The first-order chi connectivity index (χ1) is 19.5. The van der Waals surface area contributed by atoms with Gasteiger partial charge in [0.25, 0.3) is 5.91 Å². The zero-order valence-corrected chi connectivity index (χ0v) is 22.8. The number of rotatable bonds is 7. The summed E-state index contributed by atoms with van der Waals surface area (Å²) >= 11 is 3.51. The lowest BCUT2D eigenvalue weighted by molar-refractivity contribution is 0.102. The van der Waals surface area contributed by atoms with Crippen LogP contribution >= 0.6 is 15.9 Å². The van der Waals surface area contributed by atoms with Crippen molar-refractivity contribution < 1.29 is 9.90 Å². The number of fused-ring (bicyclic) bond motifs is 1. The van der Waals surface area contributed by atoms with Crippen molar-refractivity contribution in [3.8, 4) is 28.1 Å². The van der Waals surface area contributed by atoms with E-state index in [1.807, 2.05) is 97.1 Å². The number of aromatic nitrogens is 3. The molecule has 0 aliphatic carbocycles. The van der Waals surface area contributed by atoms with Gasteiger partial charge in [0.05, 0.1) is 16.4 Å². The summed E-state index contributed by atoms with van der Waals surface area (Å²) in [5.41, 5.74) is 6.30. The second kappa shape index (κ2) is 11.0. The van der Waals surface area contributed by atoms with Gasteiger partial charge in [-0.05, 0) is 69.0 Å². The van der Waals surface area contributed by atoms with Crippen LogP contribution in [0.25, 0.3) is 28.0 Å². The number of phenolic OH excluding ortho intramolecular Hbond substituents is 1. The minimum Gasteiger partial charge on any atom is -0.507 e. The van der Waals surface area contributed by atoms with Crippen LogP contribution < -0.4 is 10.6 Å². The van der Waals surface area contributed by atoms with Crippen molar-refractivity contribution in [1.29, 1.82) is 0 Å². The molecule has 0 saturated carbocycles. The second-order valence-corrected chi connectivity index (χ2v) is 10.1.